The summed E-state index contributed by atoms with van der Waals surface area (Å²) in [5.74, 6) is 0.872. The van der Waals surface area contributed by atoms with Crippen LogP contribution in [-0.2, 0) is 0 Å². The normalized spacial score (nSPS) is 10.7. The third-order valence-electron chi connectivity index (χ3n) is 3.31. The van der Waals surface area contributed by atoms with Gasteiger partial charge in [-0.25, -0.2) is 9.97 Å². The van der Waals surface area contributed by atoms with E-state index in [0.717, 1.165) is 13.0 Å². The van der Waals surface area contributed by atoms with E-state index in [1.165, 1.54) is 12.4 Å². The van der Waals surface area contributed by atoms with Gasteiger partial charge in [0, 0.05) is 18.7 Å². The summed E-state index contributed by atoms with van der Waals surface area (Å²) in [4.78, 5) is 22.9. The Morgan fingerprint density at radius 2 is 1.96 bits per heavy atom. The molecule has 0 aliphatic heterocycles. The van der Waals surface area contributed by atoms with Crippen molar-refractivity contribution >= 4 is 23.0 Å². The van der Waals surface area contributed by atoms with Crippen LogP contribution in [0.1, 0.15) is 6.42 Å². The Morgan fingerprint density at radius 3 is 2.61 bits per heavy atom. The van der Waals surface area contributed by atoms with E-state index in [1.807, 2.05) is 14.1 Å². The molecule has 0 radical (unpaired) electrons. The molecule has 2 aromatic rings. The highest BCUT2D eigenvalue weighted by atomic mass is 16.6. The lowest BCUT2D eigenvalue weighted by atomic mass is 10.2. The Hall–Kier alpha value is -2.74. The number of nitrogens with zero attached hydrogens (tertiary/aromatic N) is 5. The van der Waals surface area contributed by atoms with Crippen molar-refractivity contribution in [1.29, 1.82) is 0 Å². The smallest absolute Gasteiger partial charge is 0.292 e. The molecule has 2 N–H and O–H groups in total. The van der Waals surface area contributed by atoms with Crippen molar-refractivity contribution < 1.29 is 4.92 Å². The second kappa shape index (κ2) is 7.50. The molecule has 1 aromatic heterocycles. The van der Waals surface area contributed by atoms with Gasteiger partial charge >= 0.3 is 0 Å². The van der Waals surface area contributed by atoms with Gasteiger partial charge in [0.2, 0.25) is 0 Å². The predicted molar refractivity (Wildman–Crippen MR) is 89.7 cm³/mol. The molecule has 0 aliphatic rings. The minimum absolute atomic E-state index is 0.0366. The van der Waals surface area contributed by atoms with Gasteiger partial charge in [0.15, 0.2) is 0 Å². The van der Waals surface area contributed by atoms with Gasteiger partial charge in [-0.1, -0.05) is 12.1 Å². The fourth-order valence-corrected chi connectivity index (χ4v) is 2.26. The summed E-state index contributed by atoms with van der Waals surface area (Å²) < 4.78 is 0. The van der Waals surface area contributed by atoms with Crippen LogP contribution in [0.2, 0.25) is 0 Å². The number of anilines is 3. The van der Waals surface area contributed by atoms with Gasteiger partial charge in [0.05, 0.1) is 4.92 Å². The molecule has 0 saturated carbocycles. The number of nitro groups is 1. The lowest BCUT2D eigenvalue weighted by Crippen LogP contribution is -2.24. The van der Waals surface area contributed by atoms with Crippen molar-refractivity contribution in [3.05, 3.63) is 46.8 Å². The number of nitrogen functional groups attached to an aromatic ring is 1. The molecule has 0 unspecified atom stereocenters. The average Bonchev–Trinajstić information content (AvgIpc) is 2.51. The number of hydrogen-bond donors (Lipinski definition) is 1. The first-order valence-electron chi connectivity index (χ1n) is 7.22. The van der Waals surface area contributed by atoms with Crippen LogP contribution in [0, 0.1) is 10.1 Å². The number of nitro benzene ring substituents is 1. The fraction of sp³-hybridized carbons (Fsp3) is 0.333. The molecule has 0 spiro atoms. The summed E-state index contributed by atoms with van der Waals surface area (Å²) in [7, 11) is 3.97. The first kappa shape index (κ1) is 16.6. The molecule has 2 rings (SSSR count). The molecule has 1 heterocycles. The molecular formula is C15H20N6O2. The van der Waals surface area contributed by atoms with Crippen molar-refractivity contribution in [1.82, 2.24) is 14.9 Å². The number of nitrogens with two attached hydrogens (primary N) is 1. The van der Waals surface area contributed by atoms with E-state index in [9.17, 15) is 10.1 Å². The van der Waals surface area contributed by atoms with Crippen LogP contribution in [0.4, 0.5) is 23.0 Å². The quantitative estimate of drug-likeness (QED) is 0.616. The third-order valence-corrected chi connectivity index (χ3v) is 3.31. The van der Waals surface area contributed by atoms with E-state index in [2.05, 4.69) is 14.9 Å². The van der Waals surface area contributed by atoms with Crippen molar-refractivity contribution in [3.8, 4) is 0 Å². The van der Waals surface area contributed by atoms with E-state index >= 15 is 0 Å². The molecule has 0 saturated heterocycles. The number of aromatic nitrogens is 2. The molecule has 8 nitrogen and oxygen atoms in total. The van der Waals surface area contributed by atoms with Crippen LogP contribution in [0.5, 0.6) is 0 Å². The largest absolute Gasteiger partial charge is 0.384 e. The zero-order valence-corrected chi connectivity index (χ0v) is 13.2. The minimum Gasteiger partial charge on any atom is -0.384 e. The number of para-hydroxylation sites is 2. The standard InChI is InChI=1S/C15H20N6O2/c1-19(2)8-5-9-20(15-10-14(16)17-11-18-15)12-6-3-4-7-13(12)21(22)23/h3-4,6-7,10-11H,5,8-9H2,1-2H3,(H2,16,17,18). The van der Waals surface area contributed by atoms with Gasteiger partial charge in [-0.2, -0.15) is 0 Å². The molecule has 0 atom stereocenters. The van der Waals surface area contributed by atoms with Gasteiger partial charge in [-0.15, -0.1) is 0 Å². The monoisotopic (exact) mass is 316 g/mol. The summed E-state index contributed by atoms with van der Waals surface area (Å²) >= 11 is 0. The lowest BCUT2D eigenvalue weighted by molar-refractivity contribution is -0.384. The van der Waals surface area contributed by atoms with E-state index in [-0.39, 0.29) is 5.69 Å². The summed E-state index contributed by atoms with van der Waals surface area (Å²) in [6.07, 6.45) is 2.18. The Balaban J connectivity index is 2.39. The number of benzene rings is 1. The van der Waals surface area contributed by atoms with E-state index in [1.54, 1.807) is 29.2 Å². The van der Waals surface area contributed by atoms with Crippen LogP contribution in [-0.4, -0.2) is 47.0 Å². The molecule has 0 aliphatic carbocycles. The van der Waals surface area contributed by atoms with Crippen LogP contribution in [0.15, 0.2) is 36.7 Å². The molecule has 8 heteroatoms. The highest BCUT2D eigenvalue weighted by Gasteiger charge is 2.21. The van der Waals surface area contributed by atoms with Crippen molar-refractivity contribution in [3.63, 3.8) is 0 Å². The van der Waals surface area contributed by atoms with Crippen LogP contribution in [0.25, 0.3) is 0 Å². The topological polar surface area (TPSA) is 101 Å². The first-order valence-corrected chi connectivity index (χ1v) is 7.22. The number of hydrogen-bond acceptors (Lipinski definition) is 7. The Morgan fingerprint density at radius 1 is 1.22 bits per heavy atom. The van der Waals surface area contributed by atoms with Crippen LogP contribution >= 0.6 is 0 Å². The molecule has 0 amide bonds. The van der Waals surface area contributed by atoms with Gasteiger partial charge in [0.25, 0.3) is 5.69 Å². The molecule has 23 heavy (non-hydrogen) atoms. The molecule has 122 valence electrons. The van der Waals surface area contributed by atoms with E-state index in [4.69, 9.17) is 5.73 Å². The molecule has 1 aromatic carbocycles. The van der Waals surface area contributed by atoms with Gasteiger partial charge in [-0.3, -0.25) is 10.1 Å². The van der Waals surface area contributed by atoms with Gasteiger partial charge < -0.3 is 15.5 Å². The zero-order chi connectivity index (χ0) is 16.8. The molecule has 0 bridgehead atoms. The first-order chi connectivity index (χ1) is 11.0. The predicted octanol–water partition coefficient (Wildman–Crippen LogP) is 2.06. The summed E-state index contributed by atoms with van der Waals surface area (Å²) in [5.41, 5.74) is 6.26. The van der Waals surface area contributed by atoms with Crippen molar-refractivity contribution in [2.75, 3.05) is 37.8 Å². The molecule has 0 fully saturated rings. The third kappa shape index (κ3) is 4.36. The van der Waals surface area contributed by atoms with Crippen molar-refractivity contribution in [2.45, 2.75) is 6.42 Å². The van der Waals surface area contributed by atoms with Crippen LogP contribution < -0.4 is 10.6 Å². The average molecular weight is 316 g/mol. The highest BCUT2D eigenvalue weighted by molar-refractivity contribution is 5.71. The summed E-state index contributed by atoms with van der Waals surface area (Å²) in [5, 5.41) is 11.3. The summed E-state index contributed by atoms with van der Waals surface area (Å²) in [6.45, 7) is 1.44. The zero-order valence-electron chi connectivity index (χ0n) is 13.2. The maximum Gasteiger partial charge on any atom is 0.292 e. The van der Waals surface area contributed by atoms with E-state index < -0.39 is 4.92 Å². The second-order valence-electron chi connectivity index (χ2n) is 5.36. The Labute approximate surface area is 134 Å². The minimum atomic E-state index is -0.390. The maximum absolute atomic E-state index is 11.3. The Kier molecular flexibility index (Phi) is 5.42. The fourth-order valence-electron chi connectivity index (χ4n) is 2.26. The van der Waals surface area contributed by atoms with Crippen molar-refractivity contribution in [2.24, 2.45) is 0 Å². The van der Waals surface area contributed by atoms with Crippen LogP contribution in [0.3, 0.4) is 0 Å². The highest BCUT2D eigenvalue weighted by Crippen LogP contribution is 2.32. The Bertz CT molecular complexity index is 677. The SMILES string of the molecule is CN(C)CCCN(c1cc(N)ncn1)c1ccccc1[N+](=O)[O-]. The second-order valence-corrected chi connectivity index (χ2v) is 5.36. The van der Waals surface area contributed by atoms with Gasteiger partial charge in [-0.05, 0) is 33.1 Å². The summed E-state index contributed by atoms with van der Waals surface area (Å²) in [6, 6.07) is 8.23. The van der Waals surface area contributed by atoms with E-state index in [0.29, 0.717) is 23.9 Å². The van der Waals surface area contributed by atoms with Gasteiger partial charge in [0.1, 0.15) is 23.7 Å². The molecular weight excluding hydrogens is 296 g/mol. The lowest BCUT2D eigenvalue weighted by Gasteiger charge is -2.24. The number of rotatable bonds is 7. The maximum atomic E-state index is 11.3.